The highest BCUT2D eigenvalue weighted by Gasteiger charge is 2.20. The van der Waals surface area contributed by atoms with Crippen LogP contribution in [-0.4, -0.2) is 23.8 Å². The van der Waals surface area contributed by atoms with Gasteiger partial charge in [-0.3, -0.25) is 0 Å². The van der Waals surface area contributed by atoms with Crippen molar-refractivity contribution in [3.05, 3.63) is 35.4 Å². The smallest absolute Gasteiger partial charge is 0.0783 e. The number of aliphatic hydroxyl groups is 1. The van der Waals surface area contributed by atoms with Gasteiger partial charge in [0.1, 0.15) is 0 Å². The van der Waals surface area contributed by atoms with Crippen molar-refractivity contribution < 1.29 is 5.11 Å². The second kappa shape index (κ2) is 5.29. The van der Waals surface area contributed by atoms with Crippen LogP contribution in [-0.2, 0) is 6.42 Å². The molecule has 0 spiro atoms. The molecule has 1 atom stereocenters. The molecule has 0 aromatic heterocycles. The standard InChI is InChI=1S/C13H21NO/c1-4-14-10-13(3,15)9-12-8-6-5-7-11(12)2/h5-8,14-15H,4,9-10H2,1-3H3. The largest absolute Gasteiger partial charge is 0.389 e. The molecule has 1 unspecified atom stereocenters. The Morgan fingerprint density at radius 3 is 2.60 bits per heavy atom. The Morgan fingerprint density at radius 1 is 1.33 bits per heavy atom. The Kier molecular flexibility index (Phi) is 4.30. The average Bonchev–Trinajstić information content (AvgIpc) is 2.18. The summed E-state index contributed by atoms with van der Waals surface area (Å²) in [6.45, 7) is 7.53. The van der Waals surface area contributed by atoms with Crippen molar-refractivity contribution in [3.63, 3.8) is 0 Å². The molecule has 1 aromatic carbocycles. The van der Waals surface area contributed by atoms with Crippen LogP contribution in [0, 0.1) is 6.92 Å². The van der Waals surface area contributed by atoms with Gasteiger partial charge in [0.25, 0.3) is 0 Å². The maximum Gasteiger partial charge on any atom is 0.0783 e. The lowest BCUT2D eigenvalue weighted by atomic mass is 9.94. The highest BCUT2D eigenvalue weighted by molar-refractivity contribution is 5.26. The third kappa shape index (κ3) is 4.02. The first-order valence-corrected chi connectivity index (χ1v) is 5.53. The van der Waals surface area contributed by atoms with Crippen molar-refractivity contribution in [2.24, 2.45) is 0 Å². The van der Waals surface area contributed by atoms with E-state index in [1.807, 2.05) is 26.0 Å². The predicted octanol–water partition coefficient (Wildman–Crippen LogP) is 1.90. The van der Waals surface area contributed by atoms with E-state index in [1.54, 1.807) is 0 Å². The van der Waals surface area contributed by atoms with Crippen molar-refractivity contribution in [1.82, 2.24) is 5.32 Å². The van der Waals surface area contributed by atoms with Crippen molar-refractivity contribution in [3.8, 4) is 0 Å². The van der Waals surface area contributed by atoms with Crippen molar-refractivity contribution in [1.29, 1.82) is 0 Å². The second-order valence-corrected chi connectivity index (χ2v) is 4.38. The van der Waals surface area contributed by atoms with Crippen LogP contribution in [0.4, 0.5) is 0 Å². The first-order valence-electron chi connectivity index (χ1n) is 5.53. The van der Waals surface area contributed by atoms with Gasteiger partial charge in [0, 0.05) is 13.0 Å². The summed E-state index contributed by atoms with van der Waals surface area (Å²) in [5.41, 5.74) is 1.80. The summed E-state index contributed by atoms with van der Waals surface area (Å²) < 4.78 is 0. The molecule has 0 radical (unpaired) electrons. The van der Waals surface area contributed by atoms with Gasteiger partial charge in [-0.1, -0.05) is 31.2 Å². The van der Waals surface area contributed by atoms with Crippen LogP contribution >= 0.6 is 0 Å². The molecule has 1 rings (SSSR count). The van der Waals surface area contributed by atoms with Gasteiger partial charge in [-0.2, -0.15) is 0 Å². The zero-order chi connectivity index (χ0) is 11.3. The van der Waals surface area contributed by atoms with E-state index < -0.39 is 5.60 Å². The lowest BCUT2D eigenvalue weighted by molar-refractivity contribution is 0.0606. The number of benzene rings is 1. The van der Waals surface area contributed by atoms with Gasteiger partial charge < -0.3 is 10.4 Å². The molecule has 15 heavy (non-hydrogen) atoms. The zero-order valence-electron chi connectivity index (χ0n) is 9.88. The van der Waals surface area contributed by atoms with E-state index in [-0.39, 0.29) is 0 Å². The first-order chi connectivity index (χ1) is 7.05. The topological polar surface area (TPSA) is 32.3 Å². The number of hydrogen-bond donors (Lipinski definition) is 2. The van der Waals surface area contributed by atoms with E-state index in [4.69, 9.17) is 0 Å². The molecule has 0 aliphatic rings. The van der Waals surface area contributed by atoms with E-state index >= 15 is 0 Å². The Bertz CT molecular complexity index is 307. The molecule has 0 bridgehead atoms. The SMILES string of the molecule is CCNCC(C)(O)Cc1ccccc1C. The summed E-state index contributed by atoms with van der Waals surface area (Å²) in [5, 5.41) is 13.3. The molecular formula is C13H21NO. The summed E-state index contributed by atoms with van der Waals surface area (Å²) in [6.07, 6.45) is 0.701. The molecule has 0 saturated carbocycles. The number of nitrogens with one attached hydrogen (secondary N) is 1. The molecule has 0 heterocycles. The van der Waals surface area contributed by atoms with Crippen molar-refractivity contribution in [2.45, 2.75) is 32.8 Å². The Morgan fingerprint density at radius 2 is 2.00 bits per heavy atom. The van der Waals surface area contributed by atoms with Crippen LogP contribution < -0.4 is 5.32 Å². The van der Waals surface area contributed by atoms with E-state index in [1.165, 1.54) is 11.1 Å². The van der Waals surface area contributed by atoms with Crippen LogP contribution in [0.2, 0.25) is 0 Å². The fourth-order valence-electron chi connectivity index (χ4n) is 1.68. The summed E-state index contributed by atoms with van der Waals surface area (Å²) in [6, 6.07) is 8.21. The van der Waals surface area contributed by atoms with Gasteiger partial charge >= 0.3 is 0 Å². The zero-order valence-corrected chi connectivity index (χ0v) is 9.88. The highest BCUT2D eigenvalue weighted by atomic mass is 16.3. The summed E-state index contributed by atoms with van der Waals surface area (Å²) >= 11 is 0. The van der Waals surface area contributed by atoms with Crippen LogP contribution in [0.3, 0.4) is 0 Å². The Labute approximate surface area is 92.3 Å². The summed E-state index contributed by atoms with van der Waals surface area (Å²) in [7, 11) is 0. The van der Waals surface area contributed by atoms with Gasteiger partial charge in [-0.15, -0.1) is 0 Å². The normalized spacial score (nSPS) is 14.9. The van der Waals surface area contributed by atoms with Gasteiger partial charge in [0.2, 0.25) is 0 Å². The maximum atomic E-state index is 10.2. The molecular weight excluding hydrogens is 186 g/mol. The summed E-state index contributed by atoms with van der Waals surface area (Å²) in [4.78, 5) is 0. The maximum absolute atomic E-state index is 10.2. The molecule has 0 aliphatic carbocycles. The van der Waals surface area contributed by atoms with Crippen molar-refractivity contribution in [2.75, 3.05) is 13.1 Å². The van der Waals surface area contributed by atoms with Crippen LogP contribution in [0.5, 0.6) is 0 Å². The Balaban J connectivity index is 2.64. The van der Waals surface area contributed by atoms with Gasteiger partial charge in [-0.25, -0.2) is 0 Å². The molecule has 1 aromatic rings. The molecule has 0 saturated heterocycles. The number of rotatable bonds is 5. The monoisotopic (exact) mass is 207 g/mol. The average molecular weight is 207 g/mol. The van der Waals surface area contributed by atoms with Crippen LogP contribution in [0.15, 0.2) is 24.3 Å². The minimum atomic E-state index is -0.665. The molecule has 2 N–H and O–H groups in total. The minimum absolute atomic E-state index is 0.637. The molecule has 0 fully saturated rings. The Hall–Kier alpha value is -0.860. The fourth-order valence-corrected chi connectivity index (χ4v) is 1.68. The van der Waals surface area contributed by atoms with E-state index in [2.05, 4.69) is 24.4 Å². The lowest BCUT2D eigenvalue weighted by Gasteiger charge is -2.24. The van der Waals surface area contributed by atoms with Gasteiger partial charge in [0.05, 0.1) is 5.60 Å². The minimum Gasteiger partial charge on any atom is -0.389 e. The molecule has 84 valence electrons. The van der Waals surface area contributed by atoms with Crippen LogP contribution in [0.25, 0.3) is 0 Å². The predicted molar refractivity (Wildman–Crippen MR) is 64.1 cm³/mol. The number of aryl methyl sites for hydroxylation is 1. The second-order valence-electron chi connectivity index (χ2n) is 4.38. The molecule has 0 amide bonds. The fraction of sp³-hybridized carbons (Fsp3) is 0.538. The summed E-state index contributed by atoms with van der Waals surface area (Å²) in [5.74, 6) is 0. The quantitative estimate of drug-likeness (QED) is 0.773. The molecule has 2 heteroatoms. The lowest BCUT2D eigenvalue weighted by Crippen LogP contribution is -2.39. The molecule has 2 nitrogen and oxygen atoms in total. The van der Waals surface area contributed by atoms with E-state index in [0.717, 1.165) is 6.54 Å². The third-order valence-electron chi connectivity index (χ3n) is 2.59. The first kappa shape index (κ1) is 12.2. The van der Waals surface area contributed by atoms with Crippen molar-refractivity contribution >= 4 is 0 Å². The van der Waals surface area contributed by atoms with Gasteiger partial charge in [0.15, 0.2) is 0 Å². The van der Waals surface area contributed by atoms with Crippen LogP contribution in [0.1, 0.15) is 25.0 Å². The number of likely N-dealkylation sites (N-methyl/N-ethyl adjacent to an activating group) is 1. The van der Waals surface area contributed by atoms with E-state index in [9.17, 15) is 5.11 Å². The highest BCUT2D eigenvalue weighted by Crippen LogP contribution is 2.15. The van der Waals surface area contributed by atoms with Gasteiger partial charge in [-0.05, 0) is 31.5 Å². The molecule has 0 aliphatic heterocycles. The van der Waals surface area contributed by atoms with E-state index in [0.29, 0.717) is 13.0 Å². The number of hydrogen-bond acceptors (Lipinski definition) is 2. The third-order valence-corrected chi connectivity index (χ3v) is 2.59.